The molecule has 0 saturated heterocycles. The van der Waals surface area contributed by atoms with E-state index in [1.165, 1.54) is 25.7 Å². The van der Waals surface area contributed by atoms with Gasteiger partial charge in [0, 0.05) is 7.11 Å². The Morgan fingerprint density at radius 1 is 0.667 bits per heavy atom. The van der Waals surface area contributed by atoms with Crippen molar-refractivity contribution in [2.45, 2.75) is 134 Å². The molecule has 0 spiro atoms. The highest BCUT2D eigenvalue weighted by molar-refractivity contribution is 4.61. The molecule has 0 atom stereocenters. The van der Waals surface area contributed by atoms with Gasteiger partial charge in [0.1, 0.15) is 6.79 Å². The van der Waals surface area contributed by atoms with E-state index in [1.807, 2.05) is 41.5 Å². The minimum Gasteiger partial charge on any atom is -0.382 e. The van der Waals surface area contributed by atoms with Gasteiger partial charge in [0.25, 0.3) is 0 Å². The van der Waals surface area contributed by atoms with Crippen LogP contribution in [0.2, 0.25) is 0 Å². The highest BCUT2D eigenvalue weighted by Crippen LogP contribution is 2.22. The zero-order chi connectivity index (χ0) is 24.6. The predicted molar refractivity (Wildman–Crippen MR) is 134 cm³/mol. The van der Waals surface area contributed by atoms with Crippen molar-refractivity contribution >= 4 is 0 Å². The highest BCUT2D eigenvalue weighted by Gasteiger charge is 2.09. The van der Waals surface area contributed by atoms with Crippen LogP contribution in [0.1, 0.15) is 116 Å². The van der Waals surface area contributed by atoms with Crippen molar-refractivity contribution in [2.24, 2.45) is 11.3 Å². The van der Waals surface area contributed by atoms with Gasteiger partial charge in [-0.1, -0.05) is 67.7 Å². The molecule has 0 heterocycles. The SMILES string of the molecule is CC(C)CCCC(C)(C)C.CC(C)OCOC(C)C.CCC.COCCOC(C)C. The molecule has 0 N–H and O–H groups in total. The molecule has 0 amide bonds. The maximum Gasteiger partial charge on any atom is 0.147 e. The van der Waals surface area contributed by atoms with Crippen LogP contribution >= 0.6 is 0 Å². The van der Waals surface area contributed by atoms with E-state index in [2.05, 4.69) is 48.5 Å². The molecule has 0 unspecified atom stereocenters. The molecule has 4 nitrogen and oxygen atoms in total. The van der Waals surface area contributed by atoms with Gasteiger partial charge in [0.05, 0.1) is 31.5 Å². The van der Waals surface area contributed by atoms with Gasteiger partial charge >= 0.3 is 0 Å². The number of hydrogen-bond acceptors (Lipinski definition) is 4. The Morgan fingerprint density at radius 3 is 1.33 bits per heavy atom. The number of rotatable bonds is 11. The Bertz CT molecular complexity index is 273. The first kappa shape index (κ1) is 37.2. The van der Waals surface area contributed by atoms with E-state index in [0.29, 0.717) is 31.5 Å². The summed E-state index contributed by atoms with van der Waals surface area (Å²) < 4.78 is 20.2. The fourth-order valence-electron chi connectivity index (χ4n) is 1.72. The third kappa shape index (κ3) is 63.0. The number of ether oxygens (including phenoxy) is 4. The van der Waals surface area contributed by atoms with Crippen LogP contribution in [0.25, 0.3) is 0 Å². The zero-order valence-electron chi connectivity index (χ0n) is 23.4. The maximum atomic E-state index is 5.16. The molecule has 0 fully saturated rings. The quantitative estimate of drug-likeness (QED) is 0.242. The molecule has 0 aromatic carbocycles. The van der Waals surface area contributed by atoms with Gasteiger partial charge in [-0.25, -0.2) is 0 Å². The zero-order valence-corrected chi connectivity index (χ0v) is 23.4. The van der Waals surface area contributed by atoms with E-state index in [4.69, 9.17) is 18.9 Å². The fourth-order valence-corrected chi connectivity index (χ4v) is 1.72. The first-order valence-electron chi connectivity index (χ1n) is 12.1. The van der Waals surface area contributed by atoms with Crippen molar-refractivity contribution in [2.75, 3.05) is 27.1 Å². The third-order valence-corrected chi connectivity index (χ3v) is 3.25. The van der Waals surface area contributed by atoms with Crippen LogP contribution in [-0.4, -0.2) is 45.4 Å². The largest absolute Gasteiger partial charge is 0.382 e. The van der Waals surface area contributed by atoms with Crippen molar-refractivity contribution in [3.63, 3.8) is 0 Å². The molecular formula is C26H60O4. The van der Waals surface area contributed by atoms with Gasteiger partial charge in [-0.05, 0) is 59.3 Å². The maximum absolute atomic E-state index is 5.16. The average Bonchev–Trinajstić information content (AvgIpc) is 2.54. The molecular weight excluding hydrogens is 376 g/mol. The molecule has 188 valence electrons. The van der Waals surface area contributed by atoms with Gasteiger partial charge < -0.3 is 18.9 Å². The van der Waals surface area contributed by atoms with Gasteiger partial charge in [0.15, 0.2) is 0 Å². The molecule has 0 aliphatic carbocycles. The Kier molecular flexibility index (Phi) is 33.3. The smallest absolute Gasteiger partial charge is 0.147 e. The first-order valence-corrected chi connectivity index (χ1v) is 12.1. The van der Waals surface area contributed by atoms with E-state index in [0.717, 1.165) is 5.92 Å². The summed E-state index contributed by atoms with van der Waals surface area (Å²) in [5.74, 6) is 0.877. The Morgan fingerprint density at radius 2 is 1.07 bits per heavy atom. The molecule has 0 radical (unpaired) electrons. The van der Waals surface area contributed by atoms with Crippen molar-refractivity contribution < 1.29 is 18.9 Å². The molecule has 0 bridgehead atoms. The summed E-state index contributed by atoms with van der Waals surface area (Å²) in [6, 6.07) is 0. The van der Waals surface area contributed by atoms with Crippen LogP contribution in [0, 0.1) is 11.3 Å². The van der Waals surface area contributed by atoms with Gasteiger partial charge in [0.2, 0.25) is 0 Å². The van der Waals surface area contributed by atoms with Crippen molar-refractivity contribution in [3.05, 3.63) is 0 Å². The summed E-state index contributed by atoms with van der Waals surface area (Å²) in [5.41, 5.74) is 0.537. The summed E-state index contributed by atoms with van der Waals surface area (Å²) >= 11 is 0. The van der Waals surface area contributed by atoms with Crippen LogP contribution in [0.15, 0.2) is 0 Å². The Hall–Kier alpha value is -0.160. The van der Waals surface area contributed by atoms with Crippen LogP contribution in [-0.2, 0) is 18.9 Å². The number of hydrogen-bond donors (Lipinski definition) is 0. The molecule has 0 aliphatic rings. The normalized spacial score (nSPS) is 11.0. The lowest BCUT2D eigenvalue weighted by molar-refractivity contribution is -0.0994. The summed E-state index contributed by atoms with van der Waals surface area (Å²) in [5, 5.41) is 0. The second-order valence-corrected chi connectivity index (χ2v) is 10.0. The third-order valence-electron chi connectivity index (χ3n) is 3.25. The number of methoxy groups -OCH3 is 1. The molecule has 4 heteroatoms. The molecule has 0 aromatic rings. The van der Waals surface area contributed by atoms with E-state index in [-0.39, 0.29) is 12.2 Å². The van der Waals surface area contributed by atoms with Crippen LogP contribution < -0.4 is 0 Å². The second kappa shape index (κ2) is 26.9. The molecule has 30 heavy (non-hydrogen) atoms. The molecule has 0 saturated carbocycles. The van der Waals surface area contributed by atoms with Crippen LogP contribution in [0.4, 0.5) is 0 Å². The van der Waals surface area contributed by atoms with Gasteiger partial charge in [-0.3, -0.25) is 0 Å². The summed E-state index contributed by atoms with van der Waals surface area (Å²) in [4.78, 5) is 0. The fraction of sp³-hybridized carbons (Fsp3) is 1.00. The van der Waals surface area contributed by atoms with Crippen molar-refractivity contribution in [3.8, 4) is 0 Å². The topological polar surface area (TPSA) is 36.9 Å². The molecule has 0 aliphatic heterocycles. The highest BCUT2D eigenvalue weighted by atomic mass is 16.7. The molecule has 0 aromatic heterocycles. The van der Waals surface area contributed by atoms with E-state index in [1.54, 1.807) is 7.11 Å². The second-order valence-electron chi connectivity index (χ2n) is 10.0. The van der Waals surface area contributed by atoms with E-state index < -0.39 is 0 Å². The lowest BCUT2D eigenvalue weighted by Crippen LogP contribution is -2.11. The van der Waals surface area contributed by atoms with Crippen LogP contribution in [0.3, 0.4) is 0 Å². The summed E-state index contributed by atoms with van der Waals surface area (Å²) in [6.07, 6.45) is 6.25. The Balaban J connectivity index is -0.000000159. The van der Waals surface area contributed by atoms with Gasteiger partial charge in [-0.2, -0.15) is 0 Å². The Labute approximate surface area is 191 Å². The van der Waals surface area contributed by atoms with E-state index >= 15 is 0 Å². The minimum atomic E-state index is 0.267. The standard InChI is InChI=1S/C10H22.C7H16O2.C6H14O2.C3H8/c1-9(2)7-6-8-10(3,4)5;1-6(2)8-5-9-7(3)4;1-6(2)8-5-4-7-3;1-3-2/h9H,6-8H2,1-5H3;6-7H,5H2,1-4H3;6H,4-5H2,1-3H3;3H2,1-2H3. The van der Waals surface area contributed by atoms with Crippen molar-refractivity contribution in [1.29, 1.82) is 0 Å². The first-order chi connectivity index (χ1) is 13.7. The lowest BCUT2D eigenvalue weighted by Gasteiger charge is -2.18. The summed E-state index contributed by atoms with van der Waals surface area (Å²) in [6.45, 7) is 29.6. The minimum absolute atomic E-state index is 0.267. The lowest BCUT2D eigenvalue weighted by atomic mass is 9.88. The average molecular weight is 437 g/mol. The van der Waals surface area contributed by atoms with Crippen molar-refractivity contribution in [1.82, 2.24) is 0 Å². The monoisotopic (exact) mass is 436 g/mol. The van der Waals surface area contributed by atoms with Gasteiger partial charge in [-0.15, -0.1) is 0 Å². The molecule has 0 rings (SSSR count). The van der Waals surface area contributed by atoms with Crippen LogP contribution in [0.5, 0.6) is 0 Å². The summed E-state index contributed by atoms with van der Waals surface area (Å²) in [7, 11) is 1.67. The van der Waals surface area contributed by atoms with E-state index in [9.17, 15) is 0 Å². The predicted octanol–water partition coefficient (Wildman–Crippen LogP) is 8.13.